The van der Waals surface area contributed by atoms with Gasteiger partial charge in [-0.3, -0.25) is 4.79 Å². The Balaban J connectivity index is 1.87. The third-order valence-electron chi connectivity index (χ3n) is 3.70. The Morgan fingerprint density at radius 1 is 1.29 bits per heavy atom. The van der Waals surface area contributed by atoms with Crippen molar-refractivity contribution in [1.29, 1.82) is 0 Å². The van der Waals surface area contributed by atoms with Crippen LogP contribution in [0.1, 0.15) is 28.8 Å². The van der Waals surface area contributed by atoms with Crippen molar-refractivity contribution < 1.29 is 13.9 Å². The smallest absolute Gasteiger partial charge is 0.257 e. The number of carbonyl (C=O) groups excluding carboxylic acids is 1. The van der Waals surface area contributed by atoms with E-state index in [1.165, 1.54) is 13.2 Å². The fraction of sp³-hybridized carbons (Fsp3) is 0.250. The molecule has 1 heterocycles. The van der Waals surface area contributed by atoms with Gasteiger partial charge in [-0.15, -0.1) is 0 Å². The lowest BCUT2D eigenvalue weighted by molar-refractivity contribution is 0.0926. The molecule has 0 unspecified atom stereocenters. The Bertz CT molecular complexity index is 683. The van der Waals surface area contributed by atoms with Crippen molar-refractivity contribution in [3.63, 3.8) is 0 Å². The predicted octanol–water partition coefficient (Wildman–Crippen LogP) is 2.65. The number of benzene rings is 1. The number of nitrogens with zero attached hydrogens (tertiary/aromatic N) is 1. The number of nitrogens with one attached hydrogen (secondary N) is 1. The van der Waals surface area contributed by atoms with Crippen LogP contribution in [0.2, 0.25) is 0 Å². The van der Waals surface area contributed by atoms with E-state index in [4.69, 9.17) is 4.74 Å². The molecule has 1 aromatic carbocycles. The molecule has 1 aliphatic carbocycles. The molecule has 2 aromatic rings. The van der Waals surface area contributed by atoms with Crippen LogP contribution in [-0.2, 0) is 5.54 Å². The summed E-state index contributed by atoms with van der Waals surface area (Å²) in [5.74, 6) is -0.339. The van der Waals surface area contributed by atoms with E-state index in [1.54, 1.807) is 36.5 Å². The summed E-state index contributed by atoms with van der Waals surface area (Å²) in [7, 11) is 1.46. The van der Waals surface area contributed by atoms with Crippen LogP contribution in [0.25, 0.3) is 0 Å². The van der Waals surface area contributed by atoms with Crippen molar-refractivity contribution >= 4 is 5.91 Å². The maximum absolute atomic E-state index is 13.9. The summed E-state index contributed by atoms with van der Waals surface area (Å²) in [6.45, 7) is 0. The maximum Gasteiger partial charge on any atom is 0.257 e. The number of amides is 1. The van der Waals surface area contributed by atoms with E-state index in [-0.39, 0.29) is 17.6 Å². The van der Waals surface area contributed by atoms with E-state index in [2.05, 4.69) is 10.3 Å². The molecule has 0 aliphatic heterocycles. The number of halogens is 1. The number of hydrogen-bond acceptors (Lipinski definition) is 3. The second-order valence-electron chi connectivity index (χ2n) is 5.08. The highest BCUT2D eigenvalue weighted by Crippen LogP contribution is 2.46. The molecule has 108 valence electrons. The molecule has 0 bridgehead atoms. The SMILES string of the molecule is COc1ncccc1C(=O)NC1(c2ccccc2F)CC1. The highest BCUT2D eigenvalue weighted by molar-refractivity contribution is 5.97. The number of hydrogen-bond donors (Lipinski definition) is 1. The number of ether oxygens (including phenoxy) is 1. The lowest BCUT2D eigenvalue weighted by Crippen LogP contribution is -2.35. The minimum Gasteiger partial charge on any atom is -0.480 e. The van der Waals surface area contributed by atoms with Crippen molar-refractivity contribution in [3.05, 3.63) is 59.5 Å². The minimum absolute atomic E-state index is 0.263. The molecule has 1 aromatic heterocycles. The second kappa shape index (κ2) is 5.16. The third-order valence-corrected chi connectivity index (χ3v) is 3.70. The topological polar surface area (TPSA) is 51.2 Å². The minimum atomic E-state index is -0.608. The van der Waals surface area contributed by atoms with Crippen LogP contribution in [-0.4, -0.2) is 18.0 Å². The molecule has 0 saturated heterocycles. The van der Waals surface area contributed by atoms with Gasteiger partial charge in [-0.2, -0.15) is 0 Å². The van der Waals surface area contributed by atoms with Gasteiger partial charge in [0.05, 0.1) is 12.6 Å². The van der Waals surface area contributed by atoms with Crippen molar-refractivity contribution in [3.8, 4) is 5.88 Å². The van der Waals surface area contributed by atoms with Crippen LogP contribution in [0.15, 0.2) is 42.6 Å². The first-order valence-electron chi connectivity index (χ1n) is 6.73. The number of pyridine rings is 1. The van der Waals surface area contributed by atoms with Gasteiger partial charge in [0.2, 0.25) is 5.88 Å². The van der Waals surface area contributed by atoms with Gasteiger partial charge >= 0.3 is 0 Å². The molecule has 5 heteroatoms. The summed E-state index contributed by atoms with van der Waals surface area (Å²) in [6.07, 6.45) is 3.00. The number of rotatable bonds is 4. The van der Waals surface area contributed by atoms with Gasteiger partial charge in [0.25, 0.3) is 5.91 Å². The van der Waals surface area contributed by atoms with Gasteiger partial charge in [0.1, 0.15) is 11.4 Å². The molecule has 1 amide bonds. The van der Waals surface area contributed by atoms with Crippen LogP contribution >= 0.6 is 0 Å². The van der Waals surface area contributed by atoms with Gasteiger partial charge in [-0.1, -0.05) is 18.2 Å². The summed E-state index contributed by atoms with van der Waals surface area (Å²) < 4.78 is 19.0. The largest absolute Gasteiger partial charge is 0.480 e. The summed E-state index contributed by atoms with van der Waals surface area (Å²) >= 11 is 0. The molecular weight excluding hydrogens is 271 g/mol. The molecule has 1 N–H and O–H groups in total. The highest BCUT2D eigenvalue weighted by Gasteiger charge is 2.47. The molecule has 4 nitrogen and oxygen atoms in total. The number of methoxy groups -OCH3 is 1. The first-order valence-corrected chi connectivity index (χ1v) is 6.73. The van der Waals surface area contributed by atoms with Gasteiger partial charge in [-0.25, -0.2) is 9.37 Å². The van der Waals surface area contributed by atoms with E-state index in [9.17, 15) is 9.18 Å². The van der Waals surface area contributed by atoms with Crippen LogP contribution in [0, 0.1) is 5.82 Å². The molecule has 1 aliphatic rings. The van der Waals surface area contributed by atoms with E-state index in [0.29, 0.717) is 11.1 Å². The van der Waals surface area contributed by atoms with E-state index in [0.717, 1.165) is 12.8 Å². The Kier molecular flexibility index (Phi) is 3.33. The van der Waals surface area contributed by atoms with Gasteiger partial charge in [-0.05, 0) is 31.0 Å². The number of aromatic nitrogens is 1. The van der Waals surface area contributed by atoms with Crippen LogP contribution in [0.4, 0.5) is 4.39 Å². The maximum atomic E-state index is 13.9. The summed E-state index contributed by atoms with van der Waals surface area (Å²) in [6, 6.07) is 9.84. The summed E-state index contributed by atoms with van der Waals surface area (Å²) in [5, 5.41) is 2.92. The lowest BCUT2D eigenvalue weighted by atomic mass is 10.0. The predicted molar refractivity (Wildman–Crippen MR) is 75.6 cm³/mol. The molecule has 0 spiro atoms. The Labute approximate surface area is 122 Å². The molecule has 0 radical (unpaired) electrons. The van der Waals surface area contributed by atoms with E-state index < -0.39 is 5.54 Å². The van der Waals surface area contributed by atoms with Crippen molar-refractivity contribution in [2.45, 2.75) is 18.4 Å². The summed E-state index contributed by atoms with van der Waals surface area (Å²) in [5.41, 5.74) is 0.271. The number of carbonyl (C=O) groups is 1. The Morgan fingerprint density at radius 3 is 2.71 bits per heavy atom. The third kappa shape index (κ3) is 2.46. The monoisotopic (exact) mass is 286 g/mol. The molecule has 21 heavy (non-hydrogen) atoms. The van der Waals surface area contributed by atoms with Crippen LogP contribution < -0.4 is 10.1 Å². The first-order chi connectivity index (χ1) is 10.2. The molecule has 1 saturated carbocycles. The molecule has 0 atom stereocenters. The normalized spacial score (nSPS) is 15.3. The van der Waals surface area contributed by atoms with E-state index in [1.807, 2.05) is 0 Å². The lowest BCUT2D eigenvalue weighted by Gasteiger charge is -2.19. The average Bonchev–Trinajstić information content (AvgIpc) is 3.28. The van der Waals surface area contributed by atoms with Crippen molar-refractivity contribution in [1.82, 2.24) is 10.3 Å². The van der Waals surface area contributed by atoms with Crippen molar-refractivity contribution in [2.24, 2.45) is 0 Å². The quantitative estimate of drug-likeness (QED) is 0.940. The Hall–Kier alpha value is -2.43. The van der Waals surface area contributed by atoms with E-state index >= 15 is 0 Å². The first kappa shape index (κ1) is 13.5. The zero-order valence-electron chi connectivity index (χ0n) is 11.6. The Morgan fingerprint density at radius 2 is 2.05 bits per heavy atom. The van der Waals surface area contributed by atoms with Crippen molar-refractivity contribution in [2.75, 3.05) is 7.11 Å². The van der Waals surface area contributed by atoms with Gasteiger partial charge < -0.3 is 10.1 Å². The zero-order valence-corrected chi connectivity index (χ0v) is 11.6. The van der Waals surface area contributed by atoms with Crippen LogP contribution in [0.5, 0.6) is 5.88 Å². The second-order valence-corrected chi connectivity index (χ2v) is 5.08. The fourth-order valence-corrected chi connectivity index (χ4v) is 2.45. The average molecular weight is 286 g/mol. The highest BCUT2D eigenvalue weighted by atomic mass is 19.1. The van der Waals surface area contributed by atoms with Gasteiger partial charge in [0, 0.05) is 11.8 Å². The summed E-state index contributed by atoms with van der Waals surface area (Å²) in [4.78, 5) is 16.4. The fourth-order valence-electron chi connectivity index (χ4n) is 2.45. The standard InChI is InChI=1S/C16H15FN2O2/c1-21-15-11(5-4-10-18-15)14(20)19-16(8-9-16)12-6-2-3-7-13(12)17/h2-7,10H,8-9H2,1H3,(H,19,20). The van der Waals surface area contributed by atoms with Gasteiger partial charge in [0.15, 0.2) is 0 Å². The molecule has 3 rings (SSSR count). The molecule has 1 fully saturated rings. The molecular formula is C16H15FN2O2. The van der Waals surface area contributed by atoms with Crippen LogP contribution in [0.3, 0.4) is 0 Å². The zero-order chi connectivity index (χ0) is 14.9.